The van der Waals surface area contributed by atoms with E-state index in [4.69, 9.17) is 0 Å². The van der Waals surface area contributed by atoms with Crippen molar-refractivity contribution >= 4 is 32.3 Å². The molecule has 53 heavy (non-hydrogen) atoms. The molecule has 0 radical (unpaired) electrons. The molecule has 0 aromatic heterocycles. The number of hydrogen-bond acceptors (Lipinski definition) is 0. The van der Waals surface area contributed by atoms with E-state index >= 15 is 0 Å². The van der Waals surface area contributed by atoms with Crippen LogP contribution in [0.4, 0.5) is 0 Å². The Balaban J connectivity index is 1.37. The van der Waals surface area contributed by atoms with E-state index in [2.05, 4.69) is 210 Å². The van der Waals surface area contributed by atoms with Gasteiger partial charge in [-0.05, 0) is 118 Å². The van der Waals surface area contributed by atoms with Gasteiger partial charge in [-0.25, -0.2) is 0 Å². The van der Waals surface area contributed by atoms with Gasteiger partial charge in [0, 0.05) is 0 Å². The summed E-state index contributed by atoms with van der Waals surface area (Å²) >= 11 is 0. The summed E-state index contributed by atoms with van der Waals surface area (Å²) in [5, 5.41) is 7.63. The van der Waals surface area contributed by atoms with E-state index in [1.165, 1.54) is 99.1 Å². The van der Waals surface area contributed by atoms with Gasteiger partial charge in [0.2, 0.25) is 0 Å². The van der Waals surface area contributed by atoms with E-state index in [9.17, 15) is 0 Å². The first kappa shape index (κ1) is 32.7. The fraction of sp³-hybridized carbons (Fsp3) is 0.0943. The Morgan fingerprint density at radius 3 is 1.49 bits per heavy atom. The van der Waals surface area contributed by atoms with Crippen LogP contribution in [0.1, 0.15) is 31.9 Å². The second kappa shape index (κ2) is 13.1. The van der Waals surface area contributed by atoms with Gasteiger partial charge < -0.3 is 0 Å². The van der Waals surface area contributed by atoms with Gasteiger partial charge >= 0.3 is 0 Å². The van der Waals surface area contributed by atoms with Crippen molar-refractivity contribution in [2.75, 3.05) is 0 Å². The van der Waals surface area contributed by atoms with Crippen LogP contribution in [0.15, 0.2) is 182 Å². The van der Waals surface area contributed by atoms with E-state index in [1.807, 2.05) is 0 Å². The summed E-state index contributed by atoms with van der Waals surface area (Å²) in [5.74, 6) is 0. The molecule has 0 aliphatic carbocycles. The van der Waals surface area contributed by atoms with E-state index < -0.39 is 0 Å². The van der Waals surface area contributed by atoms with Crippen LogP contribution >= 0.6 is 0 Å². The van der Waals surface area contributed by atoms with Crippen molar-refractivity contribution in [3.05, 3.63) is 193 Å². The summed E-state index contributed by atoms with van der Waals surface area (Å²) in [5.41, 5.74) is 15.0. The Bertz CT molecular complexity index is 2810. The van der Waals surface area contributed by atoms with Gasteiger partial charge in [0.1, 0.15) is 0 Å². The summed E-state index contributed by atoms with van der Waals surface area (Å²) in [6.45, 7) is 9.16. The fourth-order valence-corrected chi connectivity index (χ4v) is 8.23. The fourth-order valence-electron chi connectivity index (χ4n) is 8.23. The lowest BCUT2D eigenvalue weighted by Crippen LogP contribution is -2.10. The van der Waals surface area contributed by atoms with Crippen LogP contribution in [-0.4, -0.2) is 0 Å². The molecular weight excluding hydrogens is 637 g/mol. The lowest BCUT2D eigenvalue weighted by Gasteiger charge is -2.24. The Morgan fingerprint density at radius 2 is 0.830 bits per heavy atom. The molecular formula is C53H42. The minimum Gasteiger partial charge on any atom is -0.0622 e. The Morgan fingerprint density at radius 1 is 0.321 bits per heavy atom. The van der Waals surface area contributed by atoms with Gasteiger partial charge in [-0.2, -0.15) is 0 Å². The molecule has 254 valence electrons. The zero-order valence-corrected chi connectivity index (χ0v) is 30.8. The zero-order chi connectivity index (χ0) is 36.1. The second-order valence-corrected chi connectivity index (χ2v) is 15.4. The summed E-state index contributed by atoms with van der Waals surface area (Å²) in [6.07, 6.45) is 0. The molecule has 0 heteroatoms. The molecule has 0 fully saturated rings. The van der Waals surface area contributed by atoms with Gasteiger partial charge in [-0.1, -0.05) is 196 Å². The molecule has 0 saturated carbocycles. The van der Waals surface area contributed by atoms with Gasteiger partial charge in [0.15, 0.2) is 0 Å². The highest BCUT2D eigenvalue weighted by Crippen LogP contribution is 2.49. The second-order valence-electron chi connectivity index (χ2n) is 15.4. The first-order valence-electron chi connectivity index (χ1n) is 18.7. The van der Waals surface area contributed by atoms with Crippen LogP contribution in [0.5, 0.6) is 0 Å². The highest BCUT2D eigenvalue weighted by atomic mass is 14.3. The normalized spacial score (nSPS) is 11.8. The van der Waals surface area contributed by atoms with Crippen molar-refractivity contribution in [1.82, 2.24) is 0 Å². The monoisotopic (exact) mass is 678 g/mol. The van der Waals surface area contributed by atoms with Crippen molar-refractivity contribution < 1.29 is 0 Å². The van der Waals surface area contributed by atoms with Crippen LogP contribution < -0.4 is 0 Å². The van der Waals surface area contributed by atoms with Gasteiger partial charge in [0.05, 0.1) is 0 Å². The van der Waals surface area contributed by atoms with Crippen molar-refractivity contribution in [3.8, 4) is 55.6 Å². The lowest BCUT2D eigenvalue weighted by atomic mass is 9.79. The molecule has 9 aromatic carbocycles. The number of hydrogen-bond donors (Lipinski definition) is 0. The Kier molecular flexibility index (Phi) is 8.05. The van der Waals surface area contributed by atoms with Crippen molar-refractivity contribution in [2.45, 2.75) is 33.1 Å². The van der Waals surface area contributed by atoms with Gasteiger partial charge in [-0.15, -0.1) is 0 Å². The molecule has 9 aromatic rings. The minimum atomic E-state index is -0.000435. The van der Waals surface area contributed by atoms with Crippen LogP contribution in [-0.2, 0) is 5.41 Å². The van der Waals surface area contributed by atoms with Gasteiger partial charge in [-0.3, -0.25) is 0 Å². The summed E-state index contributed by atoms with van der Waals surface area (Å²) in [6, 6.07) is 67.4. The van der Waals surface area contributed by atoms with Crippen LogP contribution in [0.2, 0.25) is 0 Å². The number of benzene rings is 9. The molecule has 0 aliphatic rings. The van der Waals surface area contributed by atoms with Gasteiger partial charge in [0.25, 0.3) is 0 Å². The molecule has 0 atom stereocenters. The van der Waals surface area contributed by atoms with Crippen molar-refractivity contribution in [3.63, 3.8) is 0 Å². The third-order valence-corrected chi connectivity index (χ3v) is 10.9. The first-order chi connectivity index (χ1) is 25.8. The van der Waals surface area contributed by atoms with E-state index in [0.29, 0.717) is 0 Å². The third kappa shape index (κ3) is 5.81. The maximum absolute atomic E-state index is 2.47. The SMILES string of the molecule is Cc1ccc2c(-c3ccccc3-c3ccccc3-c3ccccc3-c3ccccc3)c3ccc(C(C)(C)C)cc3c(-c3ccc4ccccc4c3)c2c1. The molecule has 0 spiro atoms. The lowest BCUT2D eigenvalue weighted by molar-refractivity contribution is 0.591. The standard InChI is InChI=1S/C53H42/c1-35-26-30-47-49(32-35)51(39-28-27-36-16-8-9-19-38(36)33-39)50-34-40(53(2,3)4)29-31-48(50)52(47)46-25-15-14-24-45(46)44-23-13-12-22-43(44)42-21-11-10-20-41(42)37-17-6-5-7-18-37/h5-34H,1-4H3. The smallest absolute Gasteiger partial charge is 0.00201 e. The van der Waals surface area contributed by atoms with Crippen LogP contribution in [0.3, 0.4) is 0 Å². The average Bonchev–Trinajstić information content (AvgIpc) is 3.19. The maximum Gasteiger partial charge on any atom is -0.00201 e. The highest BCUT2D eigenvalue weighted by molar-refractivity contribution is 6.23. The maximum atomic E-state index is 2.47. The molecule has 9 rings (SSSR count). The summed E-state index contributed by atoms with van der Waals surface area (Å²) in [4.78, 5) is 0. The topological polar surface area (TPSA) is 0 Å². The van der Waals surface area contributed by atoms with Crippen LogP contribution in [0.25, 0.3) is 88.0 Å². The molecule has 0 bridgehead atoms. The number of aryl methyl sites for hydroxylation is 1. The highest BCUT2D eigenvalue weighted by Gasteiger charge is 2.23. The Labute approximate surface area is 313 Å². The quantitative estimate of drug-likeness (QED) is 0.159. The number of rotatable bonds is 5. The molecule has 0 nitrogen and oxygen atoms in total. The largest absolute Gasteiger partial charge is 0.0622 e. The number of fused-ring (bicyclic) bond motifs is 3. The summed E-state index contributed by atoms with van der Waals surface area (Å²) < 4.78 is 0. The minimum absolute atomic E-state index is 0.000435. The molecule has 0 amide bonds. The van der Waals surface area contributed by atoms with E-state index in [-0.39, 0.29) is 5.41 Å². The summed E-state index contributed by atoms with van der Waals surface area (Å²) in [7, 11) is 0. The molecule has 0 N–H and O–H groups in total. The zero-order valence-electron chi connectivity index (χ0n) is 30.8. The van der Waals surface area contributed by atoms with E-state index in [1.54, 1.807) is 0 Å². The van der Waals surface area contributed by atoms with Crippen LogP contribution in [0, 0.1) is 6.92 Å². The molecule has 0 unspecified atom stereocenters. The molecule has 0 saturated heterocycles. The predicted octanol–water partition coefficient (Wildman–Crippen LogP) is 15.1. The van der Waals surface area contributed by atoms with Crippen molar-refractivity contribution in [2.24, 2.45) is 0 Å². The van der Waals surface area contributed by atoms with E-state index in [0.717, 1.165) is 0 Å². The molecule has 0 heterocycles. The predicted molar refractivity (Wildman–Crippen MR) is 230 cm³/mol. The first-order valence-corrected chi connectivity index (χ1v) is 18.7. The molecule has 0 aliphatic heterocycles. The van der Waals surface area contributed by atoms with Crippen molar-refractivity contribution in [1.29, 1.82) is 0 Å². The average molecular weight is 679 g/mol. The third-order valence-electron chi connectivity index (χ3n) is 10.9. The Hall–Kier alpha value is -6.24.